The van der Waals surface area contributed by atoms with Crippen molar-refractivity contribution < 1.29 is 4.42 Å². The fourth-order valence-electron chi connectivity index (χ4n) is 8.53. The van der Waals surface area contributed by atoms with E-state index >= 15 is 0 Å². The lowest BCUT2D eigenvalue weighted by atomic mass is 9.67. The maximum Gasteiger partial charge on any atom is 0.159 e. The van der Waals surface area contributed by atoms with Crippen LogP contribution in [-0.4, -0.2) is 0 Å². The molecule has 0 atom stereocenters. The molecule has 0 unspecified atom stereocenters. The van der Waals surface area contributed by atoms with Crippen LogP contribution in [0.3, 0.4) is 0 Å². The molecule has 2 heteroatoms. The lowest BCUT2D eigenvalue weighted by Crippen LogP contribution is -2.28. The molecule has 0 saturated carbocycles. The maximum atomic E-state index is 6.95. The summed E-state index contributed by atoms with van der Waals surface area (Å²) in [4.78, 5) is 2.35. The van der Waals surface area contributed by atoms with Crippen LogP contribution in [0.1, 0.15) is 27.8 Å². The van der Waals surface area contributed by atoms with Crippen LogP contribution in [0.25, 0.3) is 43.8 Å². The largest absolute Gasteiger partial charge is 0.453 e. The van der Waals surface area contributed by atoms with Crippen molar-refractivity contribution in [3.05, 3.63) is 210 Å². The first-order chi connectivity index (χ1) is 24.7. The first-order valence-corrected chi connectivity index (χ1v) is 17.3. The molecule has 8 aromatic carbocycles. The Kier molecular flexibility index (Phi) is 6.34. The van der Waals surface area contributed by atoms with Gasteiger partial charge in [-0.15, -0.1) is 0 Å². The Balaban J connectivity index is 1.25. The molecule has 0 radical (unpaired) electrons. The fourth-order valence-corrected chi connectivity index (χ4v) is 8.53. The molecule has 10 rings (SSSR count). The Morgan fingerprint density at radius 2 is 0.960 bits per heavy atom. The van der Waals surface area contributed by atoms with Gasteiger partial charge in [0.1, 0.15) is 5.58 Å². The van der Waals surface area contributed by atoms with Crippen LogP contribution in [0.4, 0.5) is 17.1 Å². The Hall–Kier alpha value is -6.38. The van der Waals surface area contributed by atoms with Crippen LogP contribution in [-0.2, 0) is 5.41 Å². The molecule has 0 saturated heterocycles. The smallest absolute Gasteiger partial charge is 0.159 e. The number of aryl methyl sites for hydroxylation is 1. The minimum absolute atomic E-state index is 0.491. The minimum Gasteiger partial charge on any atom is -0.453 e. The lowest BCUT2D eigenvalue weighted by molar-refractivity contribution is 0.673. The number of hydrogen-bond donors (Lipinski definition) is 0. The average molecular weight is 640 g/mol. The fraction of sp³-hybridized carbons (Fsp3) is 0.0417. The van der Waals surface area contributed by atoms with E-state index in [1.54, 1.807) is 0 Å². The Morgan fingerprint density at radius 3 is 1.70 bits per heavy atom. The topological polar surface area (TPSA) is 16.4 Å². The quantitative estimate of drug-likeness (QED) is 0.186. The molecule has 50 heavy (non-hydrogen) atoms. The van der Waals surface area contributed by atoms with Crippen molar-refractivity contribution in [3.8, 4) is 11.1 Å². The predicted octanol–water partition coefficient (Wildman–Crippen LogP) is 12.9. The van der Waals surface area contributed by atoms with E-state index < -0.39 is 5.41 Å². The van der Waals surface area contributed by atoms with Crippen LogP contribution < -0.4 is 4.90 Å². The normalized spacial score (nSPS) is 13.1. The minimum atomic E-state index is -0.491. The highest BCUT2D eigenvalue weighted by Crippen LogP contribution is 2.56. The average Bonchev–Trinajstić information content (AvgIpc) is 3.71. The van der Waals surface area contributed by atoms with E-state index in [1.165, 1.54) is 44.3 Å². The van der Waals surface area contributed by atoms with Gasteiger partial charge in [0, 0.05) is 27.5 Å². The van der Waals surface area contributed by atoms with Crippen molar-refractivity contribution in [1.82, 2.24) is 0 Å². The van der Waals surface area contributed by atoms with Gasteiger partial charge >= 0.3 is 0 Å². The third-order valence-corrected chi connectivity index (χ3v) is 10.7. The molecule has 0 spiro atoms. The van der Waals surface area contributed by atoms with Gasteiger partial charge in [-0.25, -0.2) is 0 Å². The molecule has 1 heterocycles. The molecule has 1 aromatic heterocycles. The summed E-state index contributed by atoms with van der Waals surface area (Å²) in [7, 11) is 0. The first kappa shape index (κ1) is 28.6. The van der Waals surface area contributed by atoms with Gasteiger partial charge in [-0.2, -0.15) is 0 Å². The first-order valence-electron chi connectivity index (χ1n) is 17.3. The van der Waals surface area contributed by atoms with Crippen molar-refractivity contribution in [2.75, 3.05) is 4.90 Å². The van der Waals surface area contributed by atoms with Gasteiger partial charge in [0.15, 0.2) is 5.58 Å². The molecule has 1 aliphatic carbocycles. The van der Waals surface area contributed by atoms with Crippen LogP contribution >= 0.6 is 0 Å². The zero-order valence-corrected chi connectivity index (χ0v) is 27.7. The van der Waals surface area contributed by atoms with Crippen LogP contribution in [0, 0.1) is 6.92 Å². The summed E-state index contributed by atoms with van der Waals surface area (Å²) in [5.74, 6) is 0. The number of hydrogen-bond acceptors (Lipinski definition) is 2. The molecule has 1 aliphatic rings. The molecule has 0 amide bonds. The molecule has 2 nitrogen and oxygen atoms in total. The number of benzene rings is 8. The van der Waals surface area contributed by atoms with E-state index in [2.05, 4.69) is 194 Å². The van der Waals surface area contributed by atoms with Crippen molar-refractivity contribution in [2.45, 2.75) is 12.3 Å². The van der Waals surface area contributed by atoms with Gasteiger partial charge in [0.25, 0.3) is 0 Å². The number of anilines is 3. The Morgan fingerprint density at radius 1 is 0.420 bits per heavy atom. The zero-order chi connectivity index (χ0) is 33.2. The summed E-state index contributed by atoms with van der Waals surface area (Å²) in [6.45, 7) is 2.16. The van der Waals surface area contributed by atoms with E-state index in [0.29, 0.717) is 0 Å². The summed E-state index contributed by atoms with van der Waals surface area (Å²) in [6, 6.07) is 66.0. The third-order valence-electron chi connectivity index (χ3n) is 10.7. The van der Waals surface area contributed by atoms with Gasteiger partial charge < -0.3 is 9.32 Å². The van der Waals surface area contributed by atoms with E-state index in [0.717, 1.165) is 44.4 Å². The second-order valence-corrected chi connectivity index (χ2v) is 13.3. The molecule has 0 aliphatic heterocycles. The highest BCUT2D eigenvalue weighted by atomic mass is 16.3. The molecule has 0 bridgehead atoms. The standard InChI is InChI=1S/C48H33NO/c1-32-15-12-24-40-37(32)29-30-42-41-25-14-28-45(47(41)50-46(40)42)49(35-19-6-3-7-20-35)36-21-13-18-34(31-36)48(33-16-4-2-5-17-33)43-26-10-8-22-38(43)39-23-9-11-27-44(39)48/h2-31H,1H3. The van der Waals surface area contributed by atoms with Crippen molar-refractivity contribution in [2.24, 2.45) is 0 Å². The maximum absolute atomic E-state index is 6.95. The number of furan rings is 1. The monoisotopic (exact) mass is 639 g/mol. The summed E-state index contributed by atoms with van der Waals surface area (Å²) >= 11 is 0. The van der Waals surface area contributed by atoms with Crippen molar-refractivity contribution in [3.63, 3.8) is 0 Å². The van der Waals surface area contributed by atoms with Crippen LogP contribution in [0.5, 0.6) is 0 Å². The van der Waals surface area contributed by atoms with Crippen molar-refractivity contribution >= 4 is 49.8 Å². The van der Waals surface area contributed by atoms with E-state index in [-0.39, 0.29) is 0 Å². The summed E-state index contributed by atoms with van der Waals surface area (Å²) in [5.41, 5.74) is 13.3. The lowest BCUT2D eigenvalue weighted by Gasteiger charge is -2.35. The van der Waals surface area contributed by atoms with E-state index in [9.17, 15) is 0 Å². The molecular weight excluding hydrogens is 607 g/mol. The number of para-hydroxylation sites is 2. The van der Waals surface area contributed by atoms with E-state index in [1.807, 2.05) is 0 Å². The van der Waals surface area contributed by atoms with Gasteiger partial charge in [0.05, 0.1) is 11.1 Å². The zero-order valence-electron chi connectivity index (χ0n) is 27.7. The number of rotatable bonds is 5. The number of fused-ring (bicyclic) bond motifs is 8. The van der Waals surface area contributed by atoms with Gasteiger partial charge in [0.2, 0.25) is 0 Å². The van der Waals surface area contributed by atoms with Gasteiger partial charge in [-0.05, 0) is 87.7 Å². The number of nitrogens with zero attached hydrogens (tertiary/aromatic N) is 1. The predicted molar refractivity (Wildman–Crippen MR) is 208 cm³/mol. The highest BCUT2D eigenvalue weighted by Gasteiger charge is 2.46. The Labute approximate surface area is 291 Å². The van der Waals surface area contributed by atoms with Gasteiger partial charge in [-0.3, -0.25) is 0 Å². The molecule has 0 fully saturated rings. The van der Waals surface area contributed by atoms with Crippen molar-refractivity contribution in [1.29, 1.82) is 0 Å². The van der Waals surface area contributed by atoms with E-state index in [4.69, 9.17) is 4.42 Å². The highest BCUT2D eigenvalue weighted by molar-refractivity contribution is 6.18. The summed E-state index contributed by atoms with van der Waals surface area (Å²) < 4.78 is 6.95. The molecule has 236 valence electrons. The Bertz CT molecular complexity index is 2680. The second-order valence-electron chi connectivity index (χ2n) is 13.3. The summed E-state index contributed by atoms with van der Waals surface area (Å²) in [5, 5.41) is 4.60. The SMILES string of the molecule is Cc1cccc2c1ccc1c3cccc(N(c4ccccc4)c4cccc(C5(c6ccccc6)c6ccccc6-c6ccccc65)c4)c3oc21. The van der Waals surface area contributed by atoms with Gasteiger partial charge in [-0.1, -0.05) is 146 Å². The van der Waals surface area contributed by atoms with Crippen LogP contribution in [0.2, 0.25) is 0 Å². The third kappa shape index (κ3) is 4.02. The molecule has 0 N–H and O–H groups in total. The summed E-state index contributed by atoms with van der Waals surface area (Å²) in [6.07, 6.45) is 0. The van der Waals surface area contributed by atoms with Crippen LogP contribution in [0.15, 0.2) is 186 Å². The molecule has 9 aromatic rings. The second kappa shape index (κ2) is 11.1. The molecular formula is C48H33NO.